The highest BCUT2D eigenvalue weighted by Crippen LogP contribution is 2.42. The fraction of sp³-hybridized carbons (Fsp3) is 0.357. The summed E-state index contributed by atoms with van der Waals surface area (Å²) in [6.45, 7) is 5.24. The van der Waals surface area contributed by atoms with Gasteiger partial charge in [0.05, 0.1) is 0 Å². The number of hydrogen-bond donors (Lipinski definition) is 2. The van der Waals surface area contributed by atoms with Gasteiger partial charge >= 0.3 is 12.1 Å². The van der Waals surface area contributed by atoms with Crippen LogP contribution in [0.3, 0.4) is 0 Å². The molecule has 12 nitrogen and oxygen atoms in total. The van der Waals surface area contributed by atoms with Gasteiger partial charge in [-0.05, 0) is 47.9 Å². The van der Waals surface area contributed by atoms with Gasteiger partial charge in [-0.15, -0.1) is 16.9 Å². The van der Waals surface area contributed by atoms with E-state index in [4.69, 9.17) is 9.47 Å². The van der Waals surface area contributed by atoms with Crippen LogP contribution in [0.5, 0.6) is 0 Å². The molecule has 2 atom stereocenters. The van der Waals surface area contributed by atoms with E-state index in [1.54, 1.807) is 32.5 Å². The molecule has 14 heteroatoms. The lowest BCUT2D eigenvalue weighted by molar-refractivity contribution is -0.154. The number of nitrogens with one attached hydrogen (secondary N) is 2. The summed E-state index contributed by atoms with van der Waals surface area (Å²) >= 11 is 2.85. The third kappa shape index (κ3) is 6.61. The first-order chi connectivity index (χ1) is 20.1. The SMILES string of the molecule is Cn1nnnc1SCC1=C(C(=O)OC(c2ccccc2)c2ccccc2)N2C(=O)[C@@H](NNC(=O)OC(C)(C)C)[C@@H]2SC1. The smallest absolute Gasteiger partial charge is 0.422 e. The average molecular weight is 610 g/mol. The molecule has 2 aliphatic rings. The largest absolute Gasteiger partial charge is 0.448 e. The Morgan fingerprint density at radius 1 is 1.10 bits per heavy atom. The third-order valence-electron chi connectivity index (χ3n) is 6.36. The Hall–Kier alpha value is -3.88. The summed E-state index contributed by atoms with van der Waals surface area (Å²) in [6.07, 6.45) is -1.39. The third-order valence-corrected chi connectivity index (χ3v) is 8.79. The highest BCUT2D eigenvalue weighted by Gasteiger charge is 2.54. The zero-order chi connectivity index (χ0) is 29.9. The fourth-order valence-electron chi connectivity index (χ4n) is 4.47. The Labute approximate surface area is 251 Å². The van der Waals surface area contributed by atoms with Gasteiger partial charge in [0.25, 0.3) is 0 Å². The number of aryl methyl sites for hydroxylation is 1. The minimum Gasteiger partial charge on any atom is -0.448 e. The number of benzene rings is 2. The van der Waals surface area contributed by atoms with Crippen molar-refractivity contribution < 1.29 is 23.9 Å². The van der Waals surface area contributed by atoms with E-state index in [1.165, 1.54) is 28.4 Å². The number of carbonyl (C=O) groups is 3. The first-order valence-corrected chi connectivity index (χ1v) is 15.2. The molecule has 0 radical (unpaired) electrons. The summed E-state index contributed by atoms with van der Waals surface area (Å²) < 4.78 is 13.0. The second-order valence-electron chi connectivity index (χ2n) is 10.6. The highest BCUT2D eigenvalue weighted by molar-refractivity contribution is 8.01. The van der Waals surface area contributed by atoms with Gasteiger partial charge in [-0.25, -0.2) is 19.7 Å². The number of amides is 2. The van der Waals surface area contributed by atoms with Gasteiger partial charge in [0, 0.05) is 18.6 Å². The minimum absolute atomic E-state index is 0.193. The Morgan fingerprint density at radius 3 is 2.31 bits per heavy atom. The molecule has 2 aliphatic heterocycles. The van der Waals surface area contributed by atoms with Gasteiger partial charge in [-0.1, -0.05) is 72.4 Å². The first kappa shape index (κ1) is 29.6. The van der Waals surface area contributed by atoms with E-state index < -0.39 is 35.2 Å². The summed E-state index contributed by atoms with van der Waals surface area (Å²) in [4.78, 5) is 41.1. The molecule has 0 saturated carbocycles. The van der Waals surface area contributed by atoms with E-state index in [-0.39, 0.29) is 11.6 Å². The number of β-lactam (4-membered cyclic amide) rings is 1. The molecule has 0 aliphatic carbocycles. The molecule has 1 fully saturated rings. The van der Waals surface area contributed by atoms with Crippen molar-refractivity contribution in [2.75, 3.05) is 11.5 Å². The van der Waals surface area contributed by atoms with Crippen molar-refractivity contribution in [3.63, 3.8) is 0 Å². The van der Waals surface area contributed by atoms with Crippen molar-refractivity contribution in [1.82, 2.24) is 36.0 Å². The first-order valence-electron chi connectivity index (χ1n) is 13.2. The van der Waals surface area contributed by atoms with Gasteiger partial charge < -0.3 is 9.47 Å². The van der Waals surface area contributed by atoms with E-state index in [0.29, 0.717) is 16.7 Å². The molecule has 42 heavy (non-hydrogen) atoms. The normalized spacial score (nSPS) is 18.4. The number of thioether (sulfide) groups is 2. The zero-order valence-electron chi connectivity index (χ0n) is 23.5. The molecular weight excluding hydrogens is 578 g/mol. The lowest BCUT2D eigenvalue weighted by Gasteiger charge is -2.49. The lowest BCUT2D eigenvalue weighted by Crippen LogP contribution is -2.72. The predicted molar refractivity (Wildman–Crippen MR) is 157 cm³/mol. The van der Waals surface area contributed by atoms with Crippen LogP contribution in [0.4, 0.5) is 4.79 Å². The van der Waals surface area contributed by atoms with Crippen LogP contribution in [0.25, 0.3) is 0 Å². The van der Waals surface area contributed by atoms with Crippen LogP contribution in [0.1, 0.15) is 38.0 Å². The van der Waals surface area contributed by atoms with Crippen molar-refractivity contribution in [2.24, 2.45) is 7.05 Å². The molecule has 1 aromatic heterocycles. The maximum absolute atomic E-state index is 14.0. The zero-order valence-corrected chi connectivity index (χ0v) is 25.1. The molecule has 2 aromatic carbocycles. The maximum Gasteiger partial charge on any atom is 0.422 e. The summed E-state index contributed by atoms with van der Waals surface area (Å²) in [5, 5.41) is 11.7. The second-order valence-corrected chi connectivity index (χ2v) is 12.6. The maximum atomic E-state index is 14.0. The second kappa shape index (κ2) is 12.5. The Morgan fingerprint density at radius 2 is 1.74 bits per heavy atom. The number of hydrogen-bond acceptors (Lipinski definition) is 11. The predicted octanol–water partition coefficient (Wildman–Crippen LogP) is 3.20. The summed E-state index contributed by atoms with van der Waals surface area (Å²) in [5.74, 6) is -0.147. The van der Waals surface area contributed by atoms with Crippen molar-refractivity contribution in [3.05, 3.63) is 83.1 Å². The van der Waals surface area contributed by atoms with Gasteiger partial charge in [0.1, 0.15) is 22.7 Å². The summed E-state index contributed by atoms with van der Waals surface area (Å²) in [5.41, 5.74) is 7.05. The molecule has 3 heterocycles. The number of nitrogens with zero attached hydrogens (tertiary/aromatic N) is 5. The topological polar surface area (TPSA) is 141 Å². The van der Waals surface area contributed by atoms with Crippen molar-refractivity contribution in [2.45, 2.75) is 49.0 Å². The van der Waals surface area contributed by atoms with Gasteiger partial charge in [-0.2, -0.15) is 0 Å². The van der Waals surface area contributed by atoms with Crippen LogP contribution in [-0.2, 0) is 26.1 Å². The molecule has 220 valence electrons. The summed E-state index contributed by atoms with van der Waals surface area (Å²) in [7, 11) is 1.73. The van der Waals surface area contributed by atoms with E-state index in [0.717, 1.165) is 16.7 Å². The van der Waals surface area contributed by atoms with E-state index >= 15 is 0 Å². The fourth-order valence-corrected chi connectivity index (χ4v) is 6.80. The number of tetrazole rings is 1. The average Bonchev–Trinajstić information content (AvgIpc) is 3.38. The van der Waals surface area contributed by atoms with E-state index in [1.807, 2.05) is 60.7 Å². The molecule has 3 aromatic rings. The van der Waals surface area contributed by atoms with Crippen LogP contribution in [0.15, 0.2) is 77.1 Å². The molecule has 0 spiro atoms. The number of ether oxygens (including phenoxy) is 2. The Kier molecular flexibility index (Phi) is 8.85. The van der Waals surface area contributed by atoms with E-state index in [9.17, 15) is 14.4 Å². The molecule has 0 bridgehead atoms. The van der Waals surface area contributed by atoms with Crippen LogP contribution < -0.4 is 10.9 Å². The van der Waals surface area contributed by atoms with E-state index in [2.05, 4.69) is 26.4 Å². The van der Waals surface area contributed by atoms with Gasteiger partial charge in [0.2, 0.25) is 11.1 Å². The number of carbonyl (C=O) groups excluding carboxylic acids is 3. The number of rotatable bonds is 9. The highest BCUT2D eigenvalue weighted by atomic mass is 32.2. The Balaban J connectivity index is 1.40. The monoisotopic (exact) mass is 609 g/mol. The van der Waals surface area contributed by atoms with Crippen LogP contribution >= 0.6 is 23.5 Å². The number of fused-ring (bicyclic) bond motifs is 1. The van der Waals surface area contributed by atoms with Crippen molar-refractivity contribution >= 4 is 41.5 Å². The Bertz CT molecular complexity index is 1440. The molecule has 2 N–H and O–H groups in total. The number of esters is 1. The lowest BCUT2D eigenvalue weighted by atomic mass is 10.0. The molecule has 1 saturated heterocycles. The quantitative estimate of drug-likeness (QED) is 0.160. The van der Waals surface area contributed by atoms with Gasteiger partial charge in [0.15, 0.2) is 6.10 Å². The number of hydrazine groups is 1. The van der Waals surface area contributed by atoms with Crippen molar-refractivity contribution in [3.8, 4) is 0 Å². The van der Waals surface area contributed by atoms with Crippen LogP contribution in [0.2, 0.25) is 0 Å². The molecular formula is C28H31N7O5S2. The standard InChI is InChI=1S/C28H31N7O5S2/c1-28(2,3)40-27(38)31-29-20-23(36)35-21(19(15-41-24(20)35)16-42-26-30-32-33-34(26)4)25(37)39-22(17-11-7-5-8-12-17)18-13-9-6-10-14-18/h5-14,20,22,24,29H,15-16H2,1-4H3,(H,31,38)/t20-,24+/m1/s1. The minimum atomic E-state index is -0.749. The van der Waals surface area contributed by atoms with Crippen LogP contribution in [-0.4, -0.2) is 71.6 Å². The number of aromatic nitrogens is 4. The van der Waals surface area contributed by atoms with Gasteiger partial charge in [-0.3, -0.25) is 15.1 Å². The molecule has 5 rings (SSSR count). The van der Waals surface area contributed by atoms with Crippen LogP contribution in [0, 0.1) is 0 Å². The van der Waals surface area contributed by atoms with Crippen molar-refractivity contribution in [1.29, 1.82) is 0 Å². The summed E-state index contributed by atoms with van der Waals surface area (Å²) in [6, 6.07) is 18.2. The molecule has 0 unspecified atom stereocenters. The molecule has 2 amide bonds.